The van der Waals surface area contributed by atoms with Crippen molar-refractivity contribution in [3.8, 4) is 11.5 Å². The second-order valence-corrected chi connectivity index (χ2v) is 6.32. The van der Waals surface area contributed by atoms with Crippen LogP contribution in [0.25, 0.3) is 11.5 Å². The third-order valence-electron chi connectivity index (χ3n) is 4.30. The standard InChI is InChI=1S/C16H22N4O2/c1-11-3-4-14(22-11)12-9-13(20-19-12)15(21)18-10-16(2)5-7-17-8-6-16/h3-4,9,17H,5-8,10H2,1-2H3,(H,18,21)(H,19,20). The van der Waals surface area contributed by atoms with Crippen molar-refractivity contribution in [3.05, 3.63) is 29.7 Å². The molecule has 0 spiro atoms. The highest BCUT2D eigenvalue weighted by atomic mass is 16.3. The van der Waals surface area contributed by atoms with E-state index >= 15 is 0 Å². The highest BCUT2D eigenvalue weighted by molar-refractivity contribution is 5.93. The minimum atomic E-state index is -0.148. The number of hydrogen-bond donors (Lipinski definition) is 3. The third-order valence-corrected chi connectivity index (χ3v) is 4.30. The number of hydrogen-bond acceptors (Lipinski definition) is 4. The van der Waals surface area contributed by atoms with Crippen molar-refractivity contribution in [2.45, 2.75) is 26.7 Å². The second-order valence-electron chi connectivity index (χ2n) is 6.32. The summed E-state index contributed by atoms with van der Waals surface area (Å²) in [6.07, 6.45) is 2.15. The average Bonchev–Trinajstić information content (AvgIpc) is 3.14. The van der Waals surface area contributed by atoms with Crippen molar-refractivity contribution in [1.29, 1.82) is 0 Å². The van der Waals surface area contributed by atoms with Crippen LogP contribution < -0.4 is 10.6 Å². The number of amides is 1. The van der Waals surface area contributed by atoms with Crippen molar-refractivity contribution < 1.29 is 9.21 Å². The van der Waals surface area contributed by atoms with Crippen LogP contribution in [-0.2, 0) is 0 Å². The molecule has 1 fully saturated rings. The number of carbonyl (C=O) groups excluding carboxylic acids is 1. The number of furan rings is 1. The van der Waals surface area contributed by atoms with Gasteiger partial charge in [0.2, 0.25) is 0 Å². The lowest BCUT2D eigenvalue weighted by Gasteiger charge is -2.34. The molecule has 22 heavy (non-hydrogen) atoms. The van der Waals surface area contributed by atoms with Gasteiger partial charge in [0.1, 0.15) is 11.5 Å². The average molecular weight is 302 g/mol. The Morgan fingerprint density at radius 3 is 2.86 bits per heavy atom. The van der Waals surface area contributed by atoms with E-state index in [4.69, 9.17) is 4.42 Å². The minimum Gasteiger partial charge on any atom is -0.460 e. The zero-order valence-corrected chi connectivity index (χ0v) is 13.0. The molecule has 0 atom stereocenters. The van der Waals surface area contributed by atoms with E-state index in [0.29, 0.717) is 23.7 Å². The highest BCUT2D eigenvalue weighted by Crippen LogP contribution is 2.27. The van der Waals surface area contributed by atoms with Gasteiger partial charge in [-0.05, 0) is 50.4 Å². The number of nitrogens with zero attached hydrogens (tertiary/aromatic N) is 1. The molecular formula is C16H22N4O2. The molecule has 0 aliphatic carbocycles. The zero-order valence-electron chi connectivity index (χ0n) is 13.0. The number of aromatic amines is 1. The minimum absolute atomic E-state index is 0.148. The van der Waals surface area contributed by atoms with Gasteiger partial charge in [0, 0.05) is 12.6 Å². The van der Waals surface area contributed by atoms with Crippen molar-refractivity contribution in [1.82, 2.24) is 20.8 Å². The van der Waals surface area contributed by atoms with E-state index in [9.17, 15) is 4.79 Å². The number of H-pyrrole nitrogens is 1. The van der Waals surface area contributed by atoms with Gasteiger partial charge in [0.25, 0.3) is 5.91 Å². The monoisotopic (exact) mass is 302 g/mol. The molecule has 3 rings (SSSR count). The normalized spacial score (nSPS) is 17.4. The second kappa shape index (κ2) is 5.96. The molecule has 6 heteroatoms. The van der Waals surface area contributed by atoms with Crippen molar-refractivity contribution >= 4 is 5.91 Å². The molecule has 0 unspecified atom stereocenters. The number of aryl methyl sites for hydroxylation is 1. The summed E-state index contributed by atoms with van der Waals surface area (Å²) in [5, 5.41) is 13.3. The van der Waals surface area contributed by atoms with E-state index in [1.807, 2.05) is 19.1 Å². The van der Waals surface area contributed by atoms with Crippen molar-refractivity contribution in [2.75, 3.05) is 19.6 Å². The Morgan fingerprint density at radius 2 is 2.18 bits per heavy atom. The van der Waals surface area contributed by atoms with Gasteiger partial charge in [-0.2, -0.15) is 5.10 Å². The molecule has 2 aromatic heterocycles. The Hall–Kier alpha value is -2.08. The lowest BCUT2D eigenvalue weighted by atomic mass is 9.81. The van der Waals surface area contributed by atoms with Gasteiger partial charge in [-0.3, -0.25) is 9.89 Å². The van der Waals surface area contributed by atoms with Gasteiger partial charge in [-0.15, -0.1) is 0 Å². The van der Waals surface area contributed by atoms with Crippen LogP contribution in [0.2, 0.25) is 0 Å². The third kappa shape index (κ3) is 3.22. The van der Waals surface area contributed by atoms with Crippen LogP contribution in [0, 0.1) is 12.3 Å². The van der Waals surface area contributed by atoms with Gasteiger partial charge in [-0.25, -0.2) is 0 Å². The van der Waals surface area contributed by atoms with Gasteiger partial charge in [0.15, 0.2) is 11.5 Å². The van der Waals surface area contributed by atoms with Gasteiger partial charge in [0.05, 0.1) is 0 Å². The summed E-state index contributed by atoms with van der Waals surface area (Å²) < 4.78 is 5.52. The molecule has 1 amide bonds. The fourth-order valence-corrected chi connectivity index (χ4v) is 2.73. The first-order chi connectivity index (χ1) is 10.6. The summed E-state index contributed by atoms with van der Waals surface area (Å²) in [6.45, 7) is 6.80. The molecule has 3 N–H and O–H groups in total. The molecule has 118 valence electrons. The zero-order chi connectivity index (χ0) is 15.6. The predicted octanol–water partition coefficient (Wildman–Crippen LogP) is 2.10. The molecular weight excluding hydrogens is 280 g/mol. The number of nitrogens with one attached hydrogen (secondary N) is 3. The number of carbonyl (C=O) groups is 1. The molecule has 0 radical (unpaired) electrons. The summed E-state index contributed by atoms with van der Waals surface area (Å²) >= 11 is 0. The summed E-state index contributed by atoms with van der Waals surface area (Å²) in [7, 11) is 0. The van der Waals surface area contributed by atoms with E-state index in [2.05, 4.69) is 27.8 Å². The van der Waals surface area contributed by atoms with Crippen LogP contribution in [0.4, 0.5) is 0 Å². The van der Waals surface area contributed by atoms with E-state index in [-0.39, 0.29) is 11.3 Å². The summed E-state index contributed by atoms with van der Waals surface area (Å²) in [5.41, 5.74) is 1.27. The van der Waals surface area contributed by atoms with E-state index in [1.54, 1.807) is 6.07 Å². The topological polar surface area (TPSA) is 83.0 Å². The van der Waals surface area contributed by atoms with E-state index in [1.165, 1.54) is 0 Å². The Labute approximate surface area is 129 Å². The number of aromatic nitrogens is 2. The molecule has 3 heterocycles. The summed E-state index contributed by atoms with van der Waals surface area (Å²) in [5.74, 6) is 1.37. The van der Waals surface area contributed by atoms with Crippen LogP contribution >= 0.6 is 0 Å². The summed E-state index contributed by atoms with van der Waals surface area (Å²) in [6, 6.07) is 5.47. The molecule has 0 bridgehead atoms. The first kappa shape index (κ1) is 14.8. The Balaban J connectivity index is 1.62. The van der Waals surface area contributed by atoms with E-state index in [0.717, 1.165) is 31.7 Å². The van der Waals surface area contributed by atoms with Crippen LogP contribution in [-0.4, -0.2) is 35.7 Å². The highest BCUT2D eigenvalue weighted by Gasteiger charge is 2.27. The van der Waals surface area contributed by atoms with Gasteiger partial charge in [-0.1, -0.05) is 6.92 Å². The maximum Gasteiger partial charge on any atom is 0.271 e. The fourth-order valence-electron chi connectivity index (χ4n) is 2.73. The van der Waals surface area contributed by atoms with Gasteiger partial charge >= 0.3 is 0 Å². The number of rotatable bonds is 4. The molecule has 1 aliphatic heterocycles. The largest absolute Gasteiger partial charge is 0.460 e. The van der Waals surface area contributed by atoms with Crippen molar-refractivity contribution in [2.24, 2.45) is 5.41 Å². The maximum atomic E-state index is 12.2. The van der Waals surface area contributed by atoms with Crippen LogP contribution in [0.3, 0.4) is 0 Å². The van der Waals surface area contributed by atoms with Crippen molar-refractivity contribution in [3.63, 3.8) is 0 Å². The molecule has 0 saturated carbocycles. The van der Waals surface area contributed by atoms with E-state index < -0.39 is 0 Å². The fraction of sp³-hybridized carbons (Fsp3) is 0.500. The maximum absolute atomic E-state index is 12.2. The molecule has 1 aliphatic rings. The van der Waals surface area contributed by atoms with Crippen LogP contribution in [0.1, 0.15) is 36.0 Å². The Kier molecular flexibility index (Phi) is 4.02. The van der Waals surface area contributed by atoms with Gasteiger partial charge < -0.3 is 15.1 Å². The SMILES string of the molecule is Cc1ccc(-c2cc(C(=O)NCC3(C)CCNCC3)n[nH]2)o1. The quantitative estimate of drug-likeness (QED) is 0.807. The predicted molar refractivity (Wildman–Crippen MR) is 83.6 cm³/mol. The number of piperidine rings is 1. The first-order valence-electron chi connectivity index (χ1n) is 7.67. The Morgan fingerprint density at radius 1 is 1.41 bits per heavy atom. The van der Waals surface area contributed by atoms with Crippen LogP contribution in [0.15, 0.2) is 22.6 Å². The first-order valence-corrected chi connectivity index (χ1v) is 7.67. The smallest absolute Gasteiger partial charge is 0.271 e. The summed E-state index contributed by atoms with van der Waals surface area (Å²) in [4.78, 5) is 12.2. The lowest BCUT2D eigenvalue weighted by Crippen LogP contribution is -2.42. The Bertz CT molecular complexity index is 653. The lowest BCUT2D eigenvalue weighted by molar-refractivity contribution is 0.0917. The molecule has 2 aromatic rings. The van der Waals surface area contributed by atoms with Crippen LogP contribution in [0.5, 0.6) is 0 Å². The molecule has 1 saturated heterocycles. The molecule has 0 aromatic carbocycles. The molecule has 6 nitrogen and oxygen atoms in total.